The Hall–Kier alpha value is -3.40. The largest absolute Gasteiger partial charge is 0.497 e. The number of rotatable bonds is 6. The van der Waals surface area contributed by atoms with Gasteiger partial charge in [0.15, 0.2) is 0 Å². The van der Waals surface area contributed by atoms with Crippen LogP contribution in [-0.2, 0) is 0 Å². The van der Waals surface area contributed by atoms with Gasteiger partial charge in [-0.1, -0.05) is 60.7 Å². The maximum absolute atomic E-state index is 5.46. The quantitative estimate of drug-likeness (QED) is 0.461. The van der Waals surface area contributed by atoms with Gasteiger partial charge in [0.2, 0.25) is 0 Å². The van der Waals surface area contributed by atoms with Crippen LogP contribution in [0.5, 0.6) is 11.5 Å². The summed E-state index contributed by atoms with van der Waals surface area (Å²) < 4.78 is 10.8. The van der Waals surface area contributed by atoms with Crippen LogP contribution >= 0.6 is 0 Å². The lowest BCUT2D eigenvalue weighted by molar-refractivity contribution is 0.402. The third-order valence-corrected chi connectivity index (χ3v) is 4.19. The van der Waals surface area contributed by atoms with Crippen LogP contribution in [0.15, 0.2) is 89.1 Å². The van der Waals surface area contributed by atoms with Gasteiger partial charge < -0.3 is 9.47 Å². The zero-order valence-corrected chi connectivity index (χ0v) is 15.7. The van der Waals surface area contributed by atoms with Crippen molar-refractivity contribution in [1.82, 2.24) is 0 Å². The number of benzene rings is 3. The molecule has 0 aromatic heterocycles. The number of nitrogens with zero attached hydrogens (tertiary/aromatic N) is 2. The summed E-state index contributed by atoms with van der Waals surface area (Å²) in [6, 6.07) is 25.7. The molecule has 0 saturated heterocycles. The van der Waals surface area contributed by atoms with Crippen molar-refractivity contribution >= 4 is 11.4 Å². The predicted octanol–water partition coefficient (Wildman–Crippen LogP) is 4.97. The molecule has 3 aromatic rings. The summed E-state index contributed by atoms with van der Waals surface area (Å²) in [5, 5.41) is 9.08. The van der Waals surface area contributed by atoms with E-state index in [0.29, 0.717) is 0 Å². The summed E-state index contributed by atoms with van der Waals surface area (Å²) in [5.41, 5.74) is 4.43. The van der Waals surface area contributed by atoms with Gasteiger partial charge >= 0.3 is 0 Å². The molecule has 0 heterocycles. The van der Waals surface area contributed by atoms with Gasteiger partial charge in [0, 0.05) is 16.7 Å². The number of methoxy groups -OCH3 is 2. The molecule has 0 N–H and O–H groups in total. The summed E-state index contributed by atoms with van der Waals surface area (Å²) in [6.45, 7) is 1.91. The van der Waals surface area contributed by atoms with E-state index in [9.17, 15) is 0 Å². The molecule has 0 radical (unpaired) electrons. The summed E-state index contributed by atoms with van der Waals surface area (Å²) >= 11 is 0. The minimum Gasteiger partial charge on any atom is -0.497 e. The van der Waals surface area contributed by atoms with E-state index in [2.05, 4.69) is 10.2 Å². The van der Waals surface area contributed by atoms with Crippen molar-refractivity contribution in [2.24, 2.45) is 10.2 Å². The van der Waals surface area contributed by atoms with Crippen LogP contribution in [0.3, 0.4) is 0 Å². The lowest BCUT2D eigenvalue weighted by atomic mass is 10.0. The maximum atomic E-state index is 5.46. The van der Waals surface area contributed by atoms with Crippen molar-refractivity contribution < 1.29 is 9.47 Å². The molecule has 0 fully saturated rings. The van der Waals surface area contributed by atoms with Crippen molar-refractivity contribution in [2.75, 3.05) is 14.2 Å². The molecule has 136 valence electrons. The first kappa shape index (κ1) is 18.4. The number of ether oxygens (including phenoxy) is 2. The zero-order chi connectivity index (χ0) is 19.1. The molecule has 0 spiro atoms. The SMILES string of the molecule is COc1ccc(OC)c(/C(C)=N\N=C(c2ccccc2)c2ccccc2)c1. The van der Waals surface area contributed by atoms with Crippen LogP contribution < -0.4 is 9.47 Å². The van der Waals surface area contributed by atoms with Crippen LogP contribution in [0.2, 0.25) is 0 Å². The van der Waals surface area contributed by atoms with Crippen molar-refractivity contribution in [3.63, 3.8) is 0 Å². The fraction of sp³-hybridized carbons (Fsp3) is 0.130. The van der Waals surface area contributed by atoms with Crippen LogP contribution in [0.4, 0.5) is 0 Å². The first-order valence-electron chi connectivity index (χ1n) is 8.68. The van der Waals surface area contributed by atoms with Gasteiger partial charge in [-0.15, -0.1) is 5.10 Å². The van der Waals surface area contributed by atoms with E-state index in [-0.39, 0.29) is 0 Å². The van der Waals surface area contributed by atoms with Crippen LogP contribution in [-0.4, -0.2) is 25.6 Å². The monoisotopic (exact) mass is 358 g/mol. The first-order chi connectivity index (χ1) is 13.2. The Labute approximate surface area is 159 Å². The van der Waals surface area contributed by atoms with E-state index in [4.69, 9.17) is 9.47 Å². The summed E-state index contributed by atoms with van der Waals surface area (Å²) in [7, 11) is 3.28. The second-order valence-corrected chi connectivity index (χ2v) is 5.93. The van der Waals surface area contributed by atoms with Crippen molar-refractivity contribution in [3.8, 4) is 11.5 Å². The molecule has 0 aliphatic carbocycles. The second-order valence-electron chi connectivity index (χ2n) is 5.93. The Morgan fingerprint density at radius 3 is 1.81 bits per heavy atom. The highest BCUT2D eigenvalue weighted by molar-refractivity contribution is 6.13. The average molecular weight is 358 g/mol. The van der Waals surface area contributed by atoms with Gasteiger partial charge in [-0.2, -0.15) is 5.10 Å². The van der Waals surface area contributed by atoms with Gasteiger partial charge in [0.1, 0.15) is 17.2 Å². The van der Waals surface area contributed by atoms with Crippen molar-refractivity contribution in [2.45, 2.75) is 6.92 Å². The fourth-order valence-electron chi connectivity index (χ4n) is 2.75. The topological polar surface area (TPSA) is 43.2 Å². The molecular formula is C23H22N2O2. The molecule has 0 amide bonds. The minimum atomic E-state index is 0.730. The molecule has 4 nitrogen and oxygen atoms in total. The van der Waals surface area contributed by atoms with Gasteiger partial charge in [-0.05, 0) is 25.1 Å². The lowest BCUT2D eigenvalue weighted by Crippen LogP contribution is -2.04. The molecule has 3 rings (SSSR count). The highest BCUT2D eigenvalue weighted by Gasteiger charge is 2.10. The normalized spacial score (nSPS) is 11.0. The number of hydrogen-bond donors (Lipinski definition) is 0. The Morgan fingerprint density at radius 2 is 1.30 bits per heavy atom. The maximum Gasteiger partial charge on any atom is 0.128 e. The zero-order valence-electron chi connectivity index (χ0n) is 15.7. The third-order valence-electron chi connectivity index (χ3n) is 4.19. The molecule has 0 aliphatic heterocycles. The van der Waals surface area contributed by atoms with Crippen LogP contribution in [0, 0.1) is 0 Å². The van der Waals surface area contributed by atoms with Gasteiger partial charge in [0.25, 0.3) is 0 Å². The molecule has 0 aliphatic rings. The predicted molar refractivity (Wildman–Crippen MR) is 110 cm³/mol. The van der Waals surface area contributed by atoms with E-state index in [1.807, 2.05) is 85.8 Å². The Morgan fingerprint density at radius 1 is 0.704 bits per heavy atom. The fourth-order valence-corrected chi connectivity index (χ4v) is 2.75. The van der Waals surface area contributed by atoms with Crippen LogP contribution in [0.1, 0.15) is 23.6 Å². The molecule has 3 aromatic carbocycles. The van der Waals surface area contributed by atoms with Crippen LogP contribution in [0.25, 0.3) is 0 Å². The minimum absolute atomic E-state index is 0.730. The molecule has 0 unspecified atom stereocenters. The first-order valence-corrected chi connectivity index (χ1v) is 8.68. The van der Waals surface area contributed by atoms with E-state index in [0.717, 1.165) is 39.6 Å². The van der Waals surface area contributed by atoms with E-state index < -0.39 is 0 Å². The Balaban J connectivity index is 2.06. The smallest absolute Gasteiger partial charge is 0.128 e. The molecule has 27 heavy (non-hydrogen) atoms. The Kier molecular flexibility index (Phi) is 6.00. The molecule has 0 saturated carbocycles. The molecular weight excluding hydrogens is 336 g/mol. The highest BCUT2D eigenvalue weighted by atomic mass is 16.5. The van der Waals surface area contributed by atoms with Gasteiger partial charge in [-0.3, -0.25) is 0 Å². The summed E-state index contributed by atoms with van der Waals surface area (Å²) in [4.78, 5) is 0. The average Bonchev–Trinajstić information content (AvgIpc) is 2.74. The molecule has 4 heteroatoms. The van der Waals surface area contributed by atoms with E-state index in [1.54, 1.807) is 14.2 Å². The van der Waals surface area contributed by atoms with E-state index in [1.165, 1.54) is 0 Å². The van der Waals surface area contributed by atoms with Gasteiger partial charge in [-0.25, -0.2) is 0 Å². The molecule has 0 atom stereocenters. The van der Waals surface area contributed by atoms with E-state index >= 15 is 0 Å². The summed E-state index contributed by atoms with van der Waals surface area (Å²) in [5.74, 6) is 1.48. The standard InChI is InChI=1S/C23H22N2O2/c1-17(21-16-20(26-2)14-15-22(21)27-3)24-25-23(18-10-6-4-7-11-18)19-12-8-5-9-13-19/h4-16H,1-3H3/b24-17-. The van der Waals surface area contributed by atoms with Gasteiger partial charge in [0.05, 0.1) is 19.9 Å². The second kappa shape index (κ2) is 8.81. The van der Waals surface area contributed by atoms with Crippen molar-refractivity contribution in [3.05, 3.63) is 95.6 Å². The van der Waals surface area contributed by atoms with Crippen molar-refractivity contribution in [1.29, 1.82) is 0 Å². The number of hydrogen-bond acceptors (Lipinski definition) is 4. The summed E-state index contributed by atoms with van der Waals surface area (Å²) in [6.07, 6.45) is 0. The highest BCUT2D eigenvalue weighted by Crippen LogP contribution is 2.25. The molecule has 0 bridgehead atoms. The lowest BCUT2D eigenvalue weighted by Gasteiger charge is -2.10. The third kappa shape index (κ3) is 4.42. The Bertz CT molecular complexity index is 907.